The summed E-state index contributed by atoms with van der Waals surface area (Å²) in [6.07, 6.45) is 0. The first-order valence-electron chi connectivity index (χ1n) is 6.04. The molecule has 0 atom stereocenters. The molecule has 0 fully saturated rings. The molecule has 6 heteroatoms. The molecule has 0 unspecified atom stereocenters. The Morgan fingerprint density at radius 3 is 2.35 bits per heavy atom. The molecule has 1 N–H and O–H groups in total. The number of ether oxygens (including phenoxy) is 1. The van der Waals surface area contributed by atoms with Crippen molar-refractivity contribution in [1.29, 1.82) is 0 Å². The minimum atomic E-state index is -1.04. The monoisotopic (exact) mass is 343 g/mol. The lowest BCUT2D eigenvalue weighted by molar-refractivity contribution is -0.138. The topological polar surface area (TPSA) is 66.8 Å². The van der Waals surface area contributed by atoms with Crippen molar-refractivity contribution in [2.45, 2.75) is 26.3 Å². The lowest BCUT2D eigenvalue weighted by atomic mass is 10.0. The van der Waals surface area contributed by atoms with Gasteiger partial charge in [-0.25, -0.2) is 0 Å². The van der Waals surface area contributed by atoms with Crippen molar-refractivity contribution in [2.75, 3.05) is 13.7 Å². The van der Waals surface area contributed by atoms with Gasteiger partial charge in [0.15, 0.2) is 0 Å². The van der Waals surface area contributed by atoms with Crippen LogP contribution in [0.1, 0.15) is 31.1 Å². The number of benzene rings is 1. The van der Waals surface area contributed by atoms with E-state index in [0.29, 0.717) is 15.8 Å². The van der Waals surface area contributed by atoms with Crippen LogP contribution in [0.15, 0.2) is 22.7 Å². The highest BCUT2D eigenvalue weighted by Crippen LogP contribution is 2.27. The highest BCUT2D eigenvalue weighted by atomic mass is 79.9. The predicted octanol–water partition coefficient (Wildman–Crippen LogP) is 2.78. The standard InChI is InChI=1S/C14H18BrNO4/c1-14(2,3)16(8-12(17)18)13(19)9-5-6-11(20-4)10(15)7-9/h5-7H,8H2,1-4H3,(H,17,18). The minimum absolute atomic E-state index is 0.330. The van der Waals surface area contributed by atoms with Gasteiger partial charge in [0.1, 0.15) is 12.3 Å². The maximum absolute atomic E-state index is 12.5. The molecule has 0 bridgehead atoms. The molecule has 0 saturated carbocycles. The summed E-state index contributed by atoms with van der Waals surface area (Å²) < 4.78 is 5.75. The van der Waals surface area contributed by atoms with E-state index in [-0.39, 0.29) is 12.5 Å². The Morgan fingerprint density at radius 1 is 1.35 bits per heavy atom. The second kappa shape index (κ2) is 6.26. The van der Waals surface area contributed by atoms with Crippen molar-refractivity contribution >= 4 is 27.8 Å². The molecule has 1 rings (SSSR count). The largest absolute Gasteiger partial charge is 0.496 e. The van der Waals surface area contributed by atoms with E-state index in [1.807, 2.05) is 0 Å². The van der Waals surface area contributed by atoms with Gasteiger partial charge in [0.2, 0.25) is 0 Å². The van der Waals surface area contributed by atoms with Crippen molar-refractivity contribution in [3.05, 3.63) is 28.2 Å². The zero-order valence-electron chi connectivity index (χ0n) is 11.9. The predicted molar refractivity (Wildman–Crippen MR) is 79.1 cm³/mol. The average Bonchev–Trinajstić information content (AvgIpc) is 2.33. The van der Waals surface area contributed by atoms with Crippen LogP contribution < -0.4 is 4.74 Å². The first-order chi connectivity index (χ1) is 9.16. The number of hydrogen-bond donors (Lipinski definition) is 1. The fourth-order valence-electron chi connectivity index (χ4n) is 1.70. The van der Waals surface area contributed by atoms with E-state index in [2.05, 4.69) is 15.9 Å². The van der Waals surface area contributed by atoms with Gasteiger partial charge in [-0.2, -0.15) is 0 Å². The summed E-state index contributed by atoms with van der Waals surface area (Å²) >= 11 is 3.31. The third-order valence-corrected chi connectivity index (χ3v) is 3.37. The summed E-state index contributed by atoms with van der Waals surface area (Å²) in [5.74, 6) is -0.758. The number of rotatable bonds is 4. The van der Waals surface area contributed by atoms with Crippen LogP contribution in [0, 0.1) is 0 Å². The summed E-state index contributed by atoms with van der Waals surface area (Å²) in [5, 5.41) is 8.96. The van der Waals surface area contributed by atoms with Gasteiger partial charge in [-0.15, -0.1) is 0 Å². The molecule has 110 valence electrons. The first kappa shape index (κ1) is 16.5. The first-order valence-corrected chi connectivity index (χ1v) is 6.83. The van der Waals surface area contributed by atoms with Crippen LogP contribution in [0.25, 0.3) is 0 Å². The minimum Gasteiger partial charge on any atom is -0.496 e. The Morgan fingerprint density at radius 2 is 1.95 bits per heavy atom. The fraction of sp³-hybridized carbons (Fsp3) is 0.429. The molecule has 0 saturated heterocycles. The average molecular weight is 344 g/mol. The van der Waals surface area contributed by atoms with E-state index < -0.39 is 11.5 Å². The summed E-state index contributed by atoms with van der Waals surface area (Å²) in [5.41, 5.74) is -0.170. The van der Waals surface area contributed by atoms with Crippen molar-refractivity contribution in [3.8, 4) is 5.75 Å². The van der Waals surface area contributed by atoms with Crippen LogP contribution in [0.3, 0.4) is 0 Å². The molecule has 0 radical (unpaired) electrons. The van der Waals surface area contributed by atoms with Gasteiger partial charge in [-0.3, -0.25) is 9.59 Å². The van der Waals surface area contributed by atoms with Gasteiger partial charge in [0.05, 0.1) is 11.6 Å². The molecule has 0 aliphatic rings. The Hall–Kier alpha value is -1.56. The molecule has 20 heavy (non-hydrogen) atoms. The number of aliphatic carboxylic acids is 1. The molecule has 0 aliphatic heterocycles. The number of carbonyl (C=O) groups excluding carboxylic acids is 1. The van der Waals surface area contributed by atoms with Crippen LogP contribution in [0.5, 0.6) is 5.75 Å². The molecular weight excluding hydrogens is 326 g/mol. The van der Waals surface area contributed by atoms with Gasteiger partial charge in [0.25, 0.3) is 5.91 Å². The number of carboxylic acids is 1. The SMILES string of the molecule is COc1ccc(C(=O)N(CC(=O)O)C(C)(C)C)cc1Br. The van der Waals surface area contributed by atoms with Crippen molar-refractivity contribution in [1.82, 2.24) is 4.90 Å². The van der Waals surface area contributed by atoms with E-state index in [1.54, 1.807) is 39.0 Å². The maximum atomic E-state index is 12.5. The number of carbonyl (C=O) groups is 2. The lowest BCUT2D eigenvalue weighted by Crippen LogP contribution is -2.48. The molecule has 5 nitrogen and oxygen atoms in total. The third-order valence-electron chi connectivity index (χ3n) is 2.75. The van der Waals surface area contributed by atoms with E-state index >= 15 is 0 Å². The highest BCUT2D eigenvalue weighted by Gasteiger charge is 2.29. The number of carboxylic acid groups (broad SMARTS) is 1. The van der Waals surface area contributed by atoms with Gasteiger partial charge < -0.3 is 14.7 Å². The zero-order valence-corrected chi connectivity index (χ0v) is 13.5. The molecule has 0 heterocycles. The quantitative estimate of drug-likeness (QED) is 0.912. The van der Waals surface area contributed by atoms with E-state index in [1.165, 1.54) is 12.0 Å². The van der Waals surface area contributed by atoms with Crippen LogP contribution in [-0.4, -0.2) is 41.1 Å². The Kier molecular flexibility index (Phi) is 5.16. The Balaban J connectivity index is 3.12. The molecule has 1 amide bonds. The van der Waals surface area contributed by atoms with Crippen LogP contribution >= 0.6 is 15.9 Å². The van der Waals surface area contributed by atoms with Gasteiger partial charge in [-0.1, -0.05) is 0 Å². The normalized spacial score (nSPS) is 11.1. The maximum Gasteiger partial charge on any atom is 0.323 e. The van der Waals surface area contributed by atoms with Gasteiger partial charge in [0, 0.05) is 11.1 Å². The zero-order chi connectivity index (χ0) is 15.5. The molecular formula is C14H18BrNO4. The molecule has 0 spiro atoms. The Bertz CT molecular complexity index is 522. The lowest BCUT2D eigenvalue weighted by Gasteiger charge is -2.34. The second-order valence-electron chi connectivity index (χ2n) is 5.31. The second-order valence-corrected chi connectivity index (χ2v) is 6.16. The van der Waals surface area contributed by atoms with Crippen molar-refractivity contribution in [2.24, 2.45) is 0 Å². The molecule has 0 aromatic heterocycles. The van der Waals surface area contributed by atoms with E-state index in [9.17, 15) is 9.59 Å². The highest BCUT2D eigenvalue weighted by molar-refractivity contribution is 9.10. The molecule has 1 aromatic carbocycles. The summed E-state index contributed by atoms with van der Waals surface area (Å²) in [4.78, 5) is 24.7. The summed E-state index contributed by atoms with van der Waals surface area (Å²) in [6.45, 7) is 5.05. The number of nitrogens with zero attached hydrogens (tertiary/aromatic N) is 1. The van der Waals surface area contributed by atoms with Crippen LogP contribution in [0.4, 0.5) is 0 Å². The number of halogens is 1. The smallest absolute Gasteiger partial charge is 0.323 e. The molecule has 1 aromatic rings. The van der Waals surface area contributed by atoms with Gasteiger partial charge >= 0.3 is 5.97 Å². The van der Waals surface area contributed by atoms with Gasteiger partial charge in [-0.05, 0) is 54.9 Å². The number of amides is 1. The van der Waals surface area contributed by atoms with E-state index in [4.69, 9.17) is 9.84 Å². The molecule has 0 aliphatic carbocycles. The Labute approximate surface area is 126 Å². The van der Waals surface area contributed by atoms with E-state index in [0.717, 1.165) is 0 Å². The number of methoxy groups -OCH3 is 1. The summed E-state index contributed by atoms with van der Waals surface area (Å²) in [7, 11) is 1.54. The van der Waals surface area contributed by atoms with Crippen molar-refractivity contribution in [3.63, 3.8) is 0 Å². The summed E-state index contributed by atoms with van der Waals surface area (Å²) in [6, 6.07) is 4.91. The third kappa shape index (κ3) is 3.96. The number of hydrogen-bond acceptors (Lipinski definition) is 3. The van der Waals surface area contributed by atoms with Crippen LogP contribution in [-0.2, 0) is 4.79 Å². The van der Waals surface area contributed by atoms with Crippen molar-refractivity contribution < 1.29 is 19.4 Å². The van der Waals surface area contributed by atoms with Crippen LogP contribution in [0.2, 0.25) is 0 Å². The fourth-order valence-corrected chi connectivity index (χ4v) is 2.24.